The molecule has 1 unspecified atom stereocenters. The number of carboxylic acid groups (broad SMARTS) is 1. The van der Waals surface area contributed by atoms with Crippen LogP contribution in [0.15, 0.2) is 18.2 Å². The third-order valence-electron chi connectivity index (χ3n) is 2.42. The van der Waals surface area contributed by atoms with Crippen LogP contribution in [0.5, 0.6) is 0 Å². The largest absolute Gasteiger partial charge is 0.478 e. The Morgan fingerprint density at radius 3 is 2.47 bits per heavy atom. The molecule has 0 amide bonds. The molecular weight excluding hydrogens is 272 g/mol. The van der Waals surface area contributed by atoms with Crippen molar-refractivity contribution in [2.24, 2.45) is 0 Å². The number of carbonyl (C=O) groups is 3. The molecule has 102 valence electrons. The van der Waals surface area contributed by atoms with Gasteiger partial charge in [0.15, 0.2) is 5.78 Å². The molecular formula is C13H13ClO5. The fourth-order valence-corrected chi connectivity index (χ4v) is 1.71. The minimum absolute atomic E-state index is 0.0900. The van der Waals surface area contributed by atoms with Gasteiger partial charge >= 0.3 is 11.9 Å². The number of aromatic carboxylic acids is 1. The van der Waals surface area contributed by atoms with Crippen LogP contribution in [0.3, 0.4) is 0 Å². The van der Waals surface area contributed by atoms with E-state index in [4.69, 9.17) is 21.4 Å². The lowest BCUT2D eigenvalue weighted by Crippen LogP contribution is -2.12. The van der Waals surface area contributed by atoms with E-state index in [1.807, 2.05) is 0 Å². The number of hydrogen-bond donors (Lipinski definition) is 1. The minimum atomic E-state index is -1.21. The molecule has 0 saturated heterocycles. The monoisotopic (exact) mass is 284 g/mol. The van der Waals surface area contributed by atoms with Gasteiger partial charge < -0.3 is 9.84 Å². The van der Waals surface area contributed by atoms with Gasteiger partial charge in [0.25, 0.3) is 0 Å². The predicted octanol–water partition coefficient (Wildman–Crippen LogP) is 2.43. The van der Waals surface area contributed by atoms with Crippen LogP contribution in [0.4, 0.5) is 0 Å². The lowest BCUT2D eigenvalue weighted by Gasteiger charge is -2.11. The van der Waals surface area contributed by atoms with Gasteiger partial charge in [0, 0.05) is 0 Å². The minimum Gasteiger partial charge on any atom is -0.478 e. The summed E-state index contributed by atoms with van der Waals surface area (Å²) in [7, 11) is 0. The van der Waals surface area contributed by atoms with E-state index in [-0.39, 0.29) is 23.3 Å². The van der Waals surface area contributed by atoms with Crippen molar-refractivity contribution >= 4 is 29.3 Å². The number of carboxylic acids is 1. The van der Waals surface area contributed by atoms with E-state index in [9.17, 15) is 14.4 Å². The van der Waals surface area contributed by atoms with Crippen molar-refractivity contribution in [3.8, 4) is 0 Å². The summed E-state index contributed by atoms with van der Waals surface area (Å²) >= 11 is 5.88. The van der Waals surface area contributed by atoms with Crippen LogP contribution in [0.25, 0.3) is 0 Å². The van der Waals surface area contributed by atoms with Gasteiger partial charge in [-0.3, -0.25) is 4.79 Å². The molecule has 6 heteroatoms. The van der Waals surface area contributed by atoms with Crippen molar-refractivity contribution in [1.29, 1.82) is 0 Å². The van der Waals surface area contributed by atoms with Gasteiger partial charge in [0.1, 0.15) is 5.38 Å². The van der Waals surface area contributed by atoms with Gasteiger partial charge in [-0.25, -0.2) is 9.59 Å². The molecule has 1 aromatic carbocycles. The molecule has 1 rings (SSSR count). The van der Waals surface area contributed by atoms with Crippen LogP contribution in [-0.2, 0) is 9.53 Å². The van der Waals surface area contributed by atoms with E-state index in [1.54, 1.807) is 6.92 Å². The maximum Gasteiger partial charge on any atom is 0.338 e. The molecule has 1 atom stereocenters. The molecule has 0 aromatic heterocycles. The zero-order chi connectivity index (χ0) is 14.6. The number of ether oxygens (including phenoxy) is 1. The highest BCUT2D eigenvalue weighted by Crippen LogP contribution is 2.26. The molecule has 19 heavy (non-hydrogen) atoms. The summed E-state index contributed by atoms with van der Waals surface area (Å²) < 4.78 is 4.81. The van der Waals surface area contributed by atoms with E-state index in [2.05, 4.69) is 0 Å². The molecule has 0 bridgehead atoms. The molecule has 1 N–H and O–H groups in total. The molecule has 0 spiro atoms. The van der Waals surface area contributed by atoms with E-state index in [0.717, 1.165) is 0 Å². The molecule has 0 aliphatic rings. The highest BCUT2D eigenvalue weighted by atomic mass is 35.5. The zero-order valence-electron chi connectivity index (χ0n) is 10.5. The smallest absolute Gasteiger partial charge is 0.338 e. The number of alkyl halides is 1. The number of rotatable bonds is 5. The van der Waals surface area contributed by atoms with Crippen LogP contribution >= 0.6 is 11.6 Å². The quantitative estimate of drug-likeness (QED) is 0.663. The topological polar surface area (TPSA) is 80.7 Å². The average molecular weight is 285 g/mol. The predicted molar refractivity (Wildman–Crippen MR) is 68.6 cm³/mol. The normalized spacial score (nSPS) is 11.7. The van der Waals surface area contributed by atoms with Gasteiger partial charge in [0.2, 0.25) is 0 Å². The lowest BCUT2D eigenvalue weighted by atomic mass is 9.99. The first-order valence-electron chi connectivity index (χ1n) is 5.57. The first kappa shape index (κ1) is 15.2. The first-order valence-corrected chi connectivity index (χ1v) is 6.01. The fraction of sp³-hybridized carbons (Fsp3) is 0.308. The van der Waals surface area contributed by atoms with Gasteiger partial charge in [-0.1, -0.05) is 0 Å². The van der Waals surface area contributed by atoms with E-state index >= 15 is 0 Å². The number of esters is 1. The second-order valence-corrected chi connectivity index (χ2v) is 4.24. The summed E-state index contributed by atoms with van der Waals surface area (Å²) in [4.78, 5) is 33.9. The second kappa shape index (κ2) is 6.33. The van der Waals surface area contributed by atoms with Crippen LogP contribution < -0.4 is 0 Å². The van der Waals surface area contributed by atoms with Gasteiger partial charge in [-0.2, -0.15) is 0 Å². The van der Waals surface area contributed by atoms with Crippen molar-refractivity contribution in [3.63, 3.8) is 0 Å². The first-order chi connectivity index (χ1) is 8.88. The summed E-state index contributed by atoms with van der Waals surface area (Å²) in [5.41, 5.74) is 0.143. The van der Waals surface area contributed by atoms with Crippen LogP contribution in [0.2, 0.25) is 0 Å². The highest BCUT2D eigenvalue weighted by Gasteiger charge is 2.22. The Morgan fingerprint density at radius 1 is 1.37 bits per heavy atom. The van der Waals surface area contributed by atoms with Crippen molar-refractivity contribution in [3.05, 3.63) is 34.9 Å². The molecule has 1 aromatic rings. The SMILES string of the molecule is CCOC(=O)c1ccc(C(=O)O)c(C(Cl)C(C)=O)c1. The van der Waals surface area contributed by atoms with Gasteiger partial charge in [-0.15, -0.1) is 11.6 Å². The zero-order valence-corrected chi connectivity index (χ0v) is 11.2. The molecule has 0 saturated carbocycles. The summed E-state index contributed by atoms with van der Waals surface area (Å²) in [5.74, 6) is -2.20. The number of ketones is 1. The third-order valence-corrected chi connectivity index (χ3v) is 2.97. The second-order valence-electron chi connectivity index (χ2n) is 3.80. The Morgan fingerprint density at radius 2 is 2.00 bits per heavy atom. The number of hydrogen-bond acceptors (Lipinski definition) is 4. The molecule has 5 nitrogen and oxygen atoms in total. The van der Waals surface area contributed by atoms with Gasteiger partial charge in [-0.05, 0) is 37.6 Å². The summed E-state index contributed by atoms with van der Waals surface area (Å²) in [5, 5.41) is 7.93. The third kappa shape index (κ3) is 3.54. The fourth-order valence-electron chi connectivity index (χ4n) is 1.53. The lowest BCUT2D eigenvalue weighted by molar-refractivity contribution is -0.116. The van der Waals surface area contributed by atoms with E-state index in [1.165, 1.54) is 25.1 Å². The molecule has 0 aliphatic carbocycles. The summed E-state index contributed by atoms with van der Waals surface area (Å²) in [6.07, 6.45) is 0. The molecule has 0 heterocycles. The Hall–Kier alpha value is -1.88. The number of halogens is 1. The van der Waals surface area contributed by atoms with Crippen LogP contribution in [0, 0.1) is 0 Å². The van der Waals surface area contributed by atoms with Crippen LogP contribution in [0.1, 0.15) is 45.5 Å². The van der Waals surface area contributed by atoms with Crippen molar-refractivity contribution in [2.75, 3.05) is 6.61 Å². The average Bonchev–Trinajstić information content (AvgIpc) is 2.37. The maximum absolute atomic E-state index is 11.6. The molecule has 0 radical (unpaired) electrons. The Bertz CT molecular complexity index is 524. The molecule has 0 aliphatic heterocycles. The highest BCUT2D eigenvalue weighted by molar-refractivity contribution is 6.31. The summed E-state index contributed by atoms with van der Waals surface area (Å²) in [6.45, 7) is 3.11. The number of carbonyl (C=O) groups excluding carboxylic acids is 2. The van der Waals surface area contributed by atoms with Crippen molar-refractivity contribution in [1.82, 2.24) is 0 Å². The van der Waals surface area contributed by atoms with Crippen LogP contribution in [-0.4, -0.2) is 29.4 Å². The van der Waals surface area contributed by atoms with E-state index < -0.39 is 23.1 Å². The van der Waals surface area contributed by atoms with Crippen molar-refractivity contribution in [2.45, 2.75) is 19.2 Å². The molecule has 0 fully saturated rings. The Labute approximate surface area is 115 Å². The van der Waals surface area contributed by atoms with Crippen molar-refractivity contribution < 1.29 is 24.2 Å². The summed E-state index contributed by atoms with van der Waals surface area (Å²) in [6, 6.07) is 3.84. The Kier molecular flexibility index (Phi) is 5.06. The van der Waals surface area contributed by atoms with E-state index in [0.29, 0.717) is 0 Å². The number of benzene rings is 1. The number of Topliss-reactive ketones (excluding diaryl/α,β-unsaturated/α-hetero) is 1. The van der Waals surface area contributed by atoms with Gasteiger partial charge in [0.05, 0.1) is 17.7 Å². The standard InChI is InChI=1S/C13H13ClO5/c1-3-19-13(18)8-4-5-9(12(16)17)10(6-8)11(14)7(2)15/h4-6,11H,3H2,1-2H3,(H,16,17). The Balaban J connectivity index is 3.29. The maximum atomic E-state index is 11.6.